The maximum Gasteiger partial charge on any atom is 0.139 e. The molecule has 130 valence electrons. The van der Waals surface area contributed by atoms with Crippen molar-refractivity contribution < 1.29 is 4.79 Å². The summed E-state index contributed by atoms with van der Waals surface area (Å²) < 4.78 is 0. The van der Waals surface area contributed by atoms with Crippen LogP contribution in [0.5, 0.6) is 0 Å². The smallest absolute Gasteiger partial charge is 0.139 e. The van der Waals surface area contributed by atoms with Crippen LogP contribution in [0.2, 0.25) is 0 Å². The fraction of sp³-hybridized carbons (Fsp3) is 0.857. The fourth-order valence-electron chi connectivity index (χ4n) is 3.38. The van der Waals surface area contributed by atoms with Crippen LogP contribution in [0.1, 0.15) is 111 Å². The van der Waals surface area contributed by atoms with Gasteiger partial charge in [-0.15, -0.1) is 6.58 Å². The van der Waals surface area contributed by atoms with Gasteiger partial charge < -0.3 is 0 Å². The van der Waals surface area contributed by atoms with Gasteiger partial charge in [-0.3, -0.25) is 4.79 Å². The molecule has 0 aliphatic carbocycles. The molecule has 0 aromatic rings. The van der Waals surface area contributed by atoms with E-state index in [1.165, 1.54) is 70.6 Å². The van der Waals surface area contributed by atoms with Crippen molar-refractivity contribution in [3.05, 3.63) is 12.7 Å². The Bertz CT molecular complexity index is 282. The normalized spacial score (nSPS) is 13.8. The molecule has 0 spiro atoms. The Morgan fingerprint density at radius 2 is 1.23 bits per heavy atom. The monoisotopic (exact) mass is 308 g/mol. The first-order valence-corrected chi connectivity index (χ1v) is 9.77. The van der Waals surface area contributed by atoms with E-state index in [1.54, 1.807) is 6.92 Å². The number of hydrogen-bond acceptors (Lipinski definition) is 1. The summed E-state index contributed by atoms with van der Waals surface area (Å²) in [5, 5.41) is 0. The average molecular weight is 309 g/mol. The summed E-state index contributed by atoms with van der Waals surface area (Å²) in [7, 11) is 0. The molecule has 0 N–H and O–H groups in total. The van der Waals surface area contributed by atoms with Crippen LogP contribution in [-0.4, -0.2) is 5.78 Å². The standard InChI is InChI=1S/C21H40O/c1-5-8-9-10-11-12-13-14-15-16-17-19-21(7-3,18-6-2)20(4)22/h7H,3,5-6,8-19H2,1-2,4H3. The summed E-state index contributed by atoms with van der Waals surface area (Å²) in [6.45, 7) is 10.1. The van der Waals surface area contributed by atoms with Crippen molar-refractivity contribution in [3.8, 4) is 0 Å². The molecule has 1 heteroatoms. The molecule has 1 atom stereocenters. The second-order valence-corrected chi connectivity index (χ2v) is 6.95. The highest BCUT2D eigenvalue weighted by molar-refractivity contribution is 5.84. The van der Waals surface area contributed by atoms with E-state index in [9.17, 15) is 4.79 Å². The van der Waals surface area contributed by atoms with E-state index in [0.29, 0.717) is 5.78 Å². The van der Waals surface area contributed by atoms with Crippen LogP contribution in [0.4, 0.5) is 0 Å². The SMILES string of the molecule is C=CC(CCC)(CCCCCCCCCCCCC)C(C)=O. The van der Waals surface area contributed by atoms with E-state index < -0.39 is 0 Å². The van der Waals surface area contributed by atoms with Crippen LogP contribution in [0, 0.1) is 5.41 Å². The van der Waals surface area contributed by atoms with Crippen LogP contribution in [0.3, 0.4) is 0 Å². The summed E-state index contributed by atoms with van der Waals surface area (Å²) in [4.78, 5) is 11.9. The van der Waals surface area contributed by atoms with Crippen molar-refractivity contribution in [2.45, 2.75) is 111 Å². The van der Waals surface area contributed by atoms with Crippen LogP contribution in [-0.2, 0) is 4.79 Å². The summed E-state index contributed by atoms with van der Waals surface area (Å²) >= 11 is 0. The van der Waals surface area contributed by atoms with E-state index in [2.05, 4.69) is 20.4 Å². The van der Waals surface area contributed by atoms with Crippen molar-refractivity contribution >= 4 is 5.78 Å². The van der Waals surface area contributed by atoms with Gasteiger partial charge in [-0.1, -0.05) is 97.0 Å². The second-order valence-electron chi connectivity index (χ2n) is 6.95. The third kappa shape index (κ3) is 9.43. The first-order valence-electron chi connectivity index (χ1n) is 9.77. The number of rotatable bonds is 16. The number of carbonyl (C=O) groups excluding carboxylic acids is 1. The molecule has 0 saturated heterocycles. The molecule has 0 aromatic carbocycles. The summed E-state index contributed by atoms with van der Waals surface area (Å²) in [6.07, 6.45) is 19.8. The van der Waals surface area contributed by atoms with Crippen LogP contribution in [0.15, 0.2) is 12.7 Å². The van der Waals surface area contributed by atoms with Crippen molar-refractivity contribution in [1.29, 1.82) is 0 Å². The Hall–Kier alpha value is -0.590. The molecule has 1 nitrogen and oxygen atoms in total. The lowest BCUT2D eigenvalue weighted by Gasteiger charge is -2.27. The van der Waals surface area contributed by atoms with Crippen molar-refractivity contribution in [3.63, 3.8) is 0 Å². The zero-order valence-corrected chi connectivity index (χ0v) is 15.6. The van der Waals surface area contributed by atoms with Gasteiger partial charge in [0.2, 0.25) is 0 Å². The average Bonchev–Trinajstić information content (AvgIpc) is 2.51. The summed E-state index contributed by atoms with van der Waals surface area (Å²) in [5.41, 5.74) is -0.242. The molecule has 0 radical (unpaired) electrons. The number of allylic oxidation sites excluding steroid dienone is 1. The highest BCUT2D eigenvalue weighted by Gasteiger charge is 2.29. The Kier molecular flexibility index (Phi) is 13.7. The van der Waals surface area contributed by atoms with Crippen LogP contribution >= 0.6 is 0 Å². The highest BCUT2D eigenvalue weighted by Crippen LogP contribution is 2.33. The fourth-order valence-corrected chi connectivity index (χ4v) is 3.38. The first-order chi connectivity index (χ1) is 10.6. The molecule has 0 fully saturated rings. The van der Waals surface area contributed by atoms with Gasteiger partial charge in [0, 0.05) is 5.41 Å². The van der Waals surface area contributed by atoms with Gasteiger partial charge >= 0.3 is 0 Å². The van der Waals surface area contributed by atoms with E-state index >= 15 is 0 Å². The van der Waals surface area contributed by atoms with E-state index in [1.807, 2.05) is 6.08 Å². The molecule has 0 aliphatic rings. The largest absolute Gasteiger partial charge is 0.299 e. The molecule has 1 unspecified atom stereocenters. The van der Waals surface area contributed by atoms with Gasteiger partial charge in [0.15, 0.2) is 0 Å². The molecule has 0 rings (SSSR count). The lowest BCUT2D eigenvalue weighted by atomic mass is 9.75. The third-order valence-corrected chi connectivity index (χ3v) is 5.01. The quantitative estimate of drug-likeness (QED) is 0.217. The molecule has 0 saturated carbocycles. The Morgan fingerprint density at radius 1 is 0.773 bits per heavy atom. The molecular formula is C21H40O. The van der Waals surface area contributed by atoms with Gasteiger partial charge in [0.1, 0.15) is 5.78 Å². The zero-order valence-electron chi connectivity index (χ0n) is 15.6. The van der Waals surface area contributed by atoms with Gasteiger partial charge in [0.05, 0.1) is 0 Å². The maximum absolute atomic E-state index is 11.9. The predicted molar refractivity (Wildman–Crippen MR) is 99.3 cm³/mol. The van der Waals surface area contributed by atoms with Gasteiger partial charge in [-0.25, -0.2) is 0 Å². The lowest BCUT2D eigenvalue weighted by molar-refractivity contribution is -0.124. The summed E-state index contributed by atoms with van der Waals surface area (Å²) in [5.74, 6) is 0.302. The highest BCUT2D eigenvalue weighted by atomic mass is 16.1. The maximum atomic E-state index is 11.9. The molecule has 0 aromatic heterocycles. The predicted octanol–water partition coefficient (Wildman–Crippen LogP) is 7.25. The van der Waals surface area contributed by atoms with Gasteiger partial charge in [0.25, 0.3) is 0 Å². The van der Waals surface area contributed by atoms with Crippen molar-refractivity contribution in [1.82, 2.24) is 0 Å². The molecule has 0 amide bonds. The van der Waals surface area contributed by atoms with Gasteiger partial charge in [-0.05, 0) is 19.8 Å². The molecule has 22 heavy (non-hydrogen) atoms. The lowest BCUT2D eigenvalue weighted by Crippen LogP contribution is -2.26. The number of Topliss-reactive ketones (excluding diaryl/α,β-unsaturated/α-hetero) is 1. The number of unbranched alkanes of at least 4 members (excludes halogenated alkanes) is 10. The third-order valence-electron chi connectivity index (χ3n) is 5.01. The van der Waals surface area contributed by atoms with Crippen LogP contribution < -0.4 is 0 Å². The van der Waals surface area contributed by atoms with E-state index in [-0.39, 0.29) is 5.41 Å². The van der Waals surface area contributed by atoms with E-state index in [4.69, 9.17) is 0 Å². The first kappa shape index (κ1) is 21.4. The van der Waals surface area contributed by atoms with E-state index in [0.717, 1.165) is 19.3 Å². The molecule has 0 bridgehead atoms. The summed E-state index contributed by atoms with van der Waals surface area (Å²) in [6, 6.07) is 0. The molecular weight excluding hydrogens is 268 g/mol. The number of ketones is 1. The minimum Gasteiger partial charge on any atom is -0.299 e. The Labute approximate surface area is 140 Å². The Balaban J connectivity index is 3.62. The molecule has 0 heterocycles. The van der Waals surface area contributed by atoms with Gasteiger partial charge in [-0.2, -0.15) is 0 Å². The minimum absolute atomic E-state index is 0.242. The second kappa shape index (κ2) is 14.0. The Morgan fingerprint density at radius 3 is 1.59 bits per heavy atom. The van der Waals surface area contributed by atoms with Crippen molar-refractivity contribution in [2.24, 2.45) is 5.41 Å². The topological polar surface area (TPSA) is 17.1 Å². The zero-order chi connectivity index (χ0) is 16.7. The van der Waals surface area contributed by atoms with Crippen molar-refractivity contribution in [2.75, 3.05) is 0 Å². The number of carbonyl (C=O) groups is 1. The minimum atomic E-state index is -0.242. The number of hydrogen-bond donors (Lipinski definition) is 0. The molecule has 0 aliphatic heterocycles. The van der Waals surface area contributed by atoms with Crippen LogP contribution in [0.25, 0.3) is 0 Å².